The summed E-state index contributed by atoms with van der Waals surface area (Å²) in [5.74, 6) is 0.247. The fourth-order valence-corrected chi connectivity index (χ4v) is 2.86. The largest absolute Gasteiger partial charge is 0.497 e. The van der Waals surface area contributed by atoms with Crippen LogP contribution in [0.2, 0.25) is 10.0 Å². The van der Waals surface area contributed by atoms with Crippen LogP contribution in [-0.4, -0.2) is 31.5 Å². The van der Waals surface area contributed by atoms with E-state index in [0.717, 1.165) is 17.0 Å². The van der Waals surface area contributed by atoms with E-state index in [4.69, 9.17) is 37.5 Å². The Morgan fingerprint density at radius 1 is 1.24 bits per heavy atom. The molecule has 0 aliphatic carbocycles. The van der Waals surface area contributed by atoms with E-state index >= 15 is 0 Å². The smallest absolute Gasteiger partial charge is 0.339 e. The van der Waals surface area contributed by atoms with E-state index in [-0.39, 0.29) is 23.3 Å². The predicted octanol–water partition coefficient (Wildman–Crippen LogP) is 4.35. The van der Waals surface area contributed by atoms with E-state index in [9.17, 15) is 4.79 Å². The predicted molar refractivity (Wildman–Crippen MR) is 95.8 cm³/mol. The second-order valence-electron chi connectivity index (χ2n) is 5.42. The molecule has 25 heavy (non-hydrogen) atoms. The van der Waals surface area contributed by atoms with Gasteiger partial charge in [0.25, 0.3) is 0 Å². The Balaban J connectivity index is 1.54. The summed E-state index contributed by atoms with van der Waals surface area (Å²) in [5.41, 5.74) is 2.00. The molecule has 0 radical (unpaired) electrons. The summed E-state index contributed by atoms with van der Waals surface area (Å²) in [6, 6.07) is 12.1. The topological polar surface area (TPSA) is 57.1 Å². The van der Waals surface area contributed by atoms with Gasteiger partial charge in [0, 0.05) is 11.4 Å². The van der Waals surface area contributed by atoms with Gasteiger partial charge in [-0.1, -0.05) is 28.4 Å². The van der Waals surface area contributed by atoms with Gasteiger partial charge in [-0.15, -0.1) is 0 Å². The van der Waals surface area contributed by atoms with Crippen LogP contribution < -0.4 is 4.74 Å². The van der Waals surface area contributed by atoms with Crippen LogP contribution in [-0.2, 0) is 9.57 Å². The molecule has 1 atom stereocenters. The monoisotopic (exact) mass is 379 g/mol. The Bertz CT molecular complexity index is 805. The molecule has 1 aliphatic heterocycles. The molecule has 0 saturated carbocycles. The highest BCUT2D eigenvalue weighted by molar-refractivity contribution is 6.36. The number of esters is 1. The van der Waals surface area contributed by atoms with Gasteiger partial charge in [-0.3, -0.25) is 0 Å². The molecule has 1 heterocycles. The fraction of sp³-hybridized carbons (Fsp3) is 0.222. The van der Waals surface area contributed by atoms with Crippen LogP contribution in [0.15, 0.2) is 47.6 Å². The van der Waals surface area contributed by atoms with Crippen LogP contribution in [0.25, 0.3) is 0 Å². The molecule has 2 aromatic rings. The molecular weight excluding hydrogens is 365 g/mol. The number of oxime groups is 1. The van der Waals surface area contributed by atoms with Crippen molar-refractivity contribution in [3.63, 3.8) is 0 Å². The number of hydrogen-bond donors (Lipinski definition) is 0. The summed E-state index contributed by atoms with van der Waals surface area (Å²) in [6.45, 7) is 0.0843. The molecule has 5 nitrogen and oxygen atoms in total. The SMILES string of the molecule is COc1ccc(C2=NO[C@@H](COC(=O)c3ccc(Cl)cc3Cl)C2)cc1. The number of rotatable bonds is 5. The number of carbonyl (C=O) groups is 1. The number of nitrogens with zero attached hydrogens (tertiary/aromatic N) is 1. The molecule has 1 aliphatic rings. The van der Waals surface area contributed by atoms with Gasteiger partial charge in [-0.2, -0.15) is 0 Å². The van der Waals surface area contributed by atoms with Crippen LogP contribution in [0.4, 0.5) is 0 Å². The second kappa shape index (κ2) is 7.76. The van der Waals surface area contributed by atoms with Gasteiger partial charge < -0.3 is 14.3 Å². The van der Waals surface area contributed by atoms with E-state index in [1.807, 2.05) is 24.3 Å². The molecule has 0 fully saturated rings. The van der Waals surface area contributed by atoms with Crippen molar-refractivity contribution in [3.8, 4) is 5.75 Å². The third-order valence-corrected chi connectivity index (χ3v) is 4.26. The number of carbonyl (C=O) groups excluding carboxylic acids is 1. The first-order valence-electron chi connectivity index (χ1n) is 7.56. The molecule has 0 amide bonds. The zero-order valence-electron chi connectivity index (χ0n) is 13.4. The second-order valence-corrected chi connectivity index (χ2v) is 6.26. The highest BCUT2D eigenvalue weighted by Gasteiger charge is 2.24. The van der Waals surface area contributed by atoms with Crippen LogP contribution >= 0.6 is 23.2 Å². The molecule has 0 saturated heterocycles. The lowest BCUT2D eigenvalue weighted by atomic mass is 10.1. The van der Waals surface area contributed by atoms with Gasteiger partial charge >= 0.3 is 5.97 Å². The summed E-state index contributed by atoms with van der Waals surface area (Å²) in [6.07, 6.45) is 0.223. The van der Waals surface area contributed by atoms with Gasteiger partial charge in [-0.05, 0) is 48.0 Å². The van der Waals surface area contributed by atoms with Crippen LogP contribution in [0.5, 0.6) is 5.75 Å². The Morgan fingerprint density at radius 2 is 2.00 bits per heavy atom. The maximum Gasteiger partial charge on any atom is 0.339 e. The Labute approximate surface area is 155 Å². The Hall–Kier alpha value is -2.24. The van der Waals surface area contributed by atoms with Crippen LogP contribution in [0, 0.1) is 0 Å². The minimum absolute atomic E-state index is 0.0843. The molecule has 0 unspecified atom stereocenters. The van der Waals surface area contributed by atoms with Gasteiger partial charge in [0.05, 0.1) is 23.4 Å². The van der Waals surface area contributed by atoms with E-state index in [1.54, 1.807) is 13.2 Å². The summed E-state index contributed by atoms with van der Waals surface area (Å²) >= 11 is 11.8. The first-order chi connectivity index (χ1) is 12.1. The number of benzene rings is 2. The number of halogens is 2. The van der Waals surface area contributed by atoms with Crippen molar-refractivity contribution in [2.75, 3.05) is 13.7 Å². The first kappa shape index (κ1) is 17.6. The molecule has 0 bridgehead atoms. The molecule has 0 aromatic heterocycles. The van der Waals surface area contributed by atoms with Gasteiger partial charge in [0.15, 0.2) is 6.10 Å². The lowest BCUT2D eigenvalue weighted by molar-refractivity contribution is 0.00687. The van der Waals surface area contributed by atoms with E-state index in [2.05, 4.69) is 5.16 Å². The lowest BCUT2D eigenvalue weighted by Gasteiger charge is -2.10. The zero-order chi connectivity index (χ0) is 17.8. The van der Waals surface area contributed by atoms with E-state index in [1.165, 1.54) is 12.1 Å². The highest BCUT2D eigenvalue weighted by atomic mass is 35.5. The van der Waals surface area contributed by atoms with Crippen molar-refractivity contribution in [2.45, 2.75) is 12.5 Å². The van der Waals surface area contributed by atoms with E-state index < -0.39 is 5.97 Å². The van der Waals surface area contributed by atoms with Crippen molar-refractivity contribution in [1.29, 1.82) is 0 Å². The molecule has 2 aromatic carbocycles. The van der Waals surface area contributed by atoms with Crippen molar-refractivity contribution in [1.82, 2.24) is 0 Å². The Morgan fingerprint density at radius 3 is 2.68 bits per heavy atom. The fourth-order valence-electron chi connectivity index (χ4n) is 2.37. The third-order valence-electron chi connectivity index (χ3n) is 3.71. The zero-order valence-corrected chi connectivity index (χ0v) is 14.9. The van der Waals surface area contributed by atoms with Gasteiger partial charge in [-0.25, -0.2) is 4.79 Å². The van der Waals surface area contributed by atoms with Crippen molar-refractivity contribution in [2.24, 2.45) is 5.16 Å². The van der Waals surface area contributed by atoms with Crippen LogP contribution in [0.1, 0.15) is 22.3 Å². The maximum absolute atomic E-state index is 12.1. The Kier molecular flexibility index (Phi) is 5.46. The normalized spacial score (nSPS) is 16.1. The van der Waals surface area contributed by atoms with Crippen LogP contribution in [0.3, 0.4) is 0 Å². The lowest BCUT2D eigenvalue weighted by Crippen LogP contribution is -2.19. The third kappa shape index (κ3) is 4.24. The number of hydrogen-bond acceptors (Lipinski definition) is 5. The molecule has 0 spiro atoms. The maximum atomic E-state index is 12.1. The minimum atomic E-state index is -0.525. The molecule has 3 rings (SSSR count). The quantitative estimate of drug-likeness (QED) is 0.724. The molecule has 0 N–H and O–H groups in total. The van der Waals surface area contributed by atoms with E-state index in [0.29, 0.717) is 11.4 Å². The average molecular weight is 380 g/mol. The summed E-state index contributed by atoms with van der Waals surface area (Å²) in [4.78, 5) is 17.4. The average Bonchev–Trinajstić information content (AvgIpc) is 3.09. The van der Waals surface area contributed by atoms with Crippen molar-refractivity contribution < 1.29 is 19.1 Å². The standard InChI is InChI=1S/C18H15Cl2NO4/c1-23-13-5-2-11(3-6-13)17-9-14(25-21-17)10-24-18(22)15-7-4-12(19)8-16(15)20/h2-8,14H,9-10H2,1H3/t14-/m1/s1. The van der Waals surface area contributed by atoms with Gasteiger partial charge in [0.2, 0.25) is 0 Å². The molecule has 7 heteroatoms. The highest BCUT2D eigenvalue weighted by Crippen LogP contribution is 2.23. The molecule has 130 valence electrons. The summed E-state index contributed by atoms with van der Waals surface area (Å²) < 4.78 is 10.4. The minimum Gasteiger partial charge on any atom is -0.497 e. The van der Waals surface area contributed by atoms with Gasteiger partial charge in [0.1, 0.15) is 12.4 Å². The number of methoxy groups -OCH3 is 1. The number of ether oxygens (including phenoxy) is 2. The first-order valence-corrected chi connectivity index (χ1v) is 8.31. The van der Waals surface area contributed by atoms with Crippen molar-refractivity contribution in [3.05, 3.63) is 63.6 Å². The summed E-state index contributed by atoms with van der Waals surface area (Å²) in [7, 11) is 1.61. The van der Waals surface area contributed by atoms with Crippen molar-refractivity contribution >= 4 is 34.9 Å². The molecular formula is C18H15Cl2NO4. The summed E-state index contributed by atoms with van der Waals surface area (Å²) in [5, 5.41) is 4.77.